The third-order valence-electron chi connectivity index (χ3n) is 5.53. The second kappa shape index (κ2) is 9.23. The minimum absolute atomic E-state index is 0.394. The van der Waals surface area contributed by atoms with Crippen molar-refractivity contribution < 1.29 is 23.9 Å². The zero-order chi connectivity index (χ0) is 22.7. The summed E-state index contributed by atoms with van der Waals surface area (Å²) in [5.41, 5.74) is 0.206. The molecule has 0 saturated carbocycles. The molecule has 2 aromatic rings. The van der Waals surface area contributed by atoms with E-state index in [4.69, 9.17) is 9.47 Å². The molecule has 3 heterocycles. The summed E-state index contributed by atoms with van der Waals surface area (Å²) in [4.78, 5) is 45.6. The van der Waals surface area contributed by atoms with E-state index < -0.39 is 29.9 Å². The minimum Gasteiger partial charge on any atom is -0.497 e. The van der Waals surface area contributed by atoms with Gasteiger partial charge in [0.2, 0.25) is 5.91 Å². The highest BCUT2D eigenvalue weighted by molar-refractivity contribution is 7.13. The fraction of sp³-hybridized carbons (Fsp3) is 0.429. The number of aromatic nitrogens is 1. The molecule has 4 amide bonds. The van der Waals surface area contributed by atoms with Gasteiger partial charge in [-0.3, -0.25) is 19.4 Å². The normalized spacial score (nSPS) is 21.5. The average molecular weight is 460 g/mol. The molecule has 0 bridgehead atoms. The van der Waals surface area contributed by atoms with Gasteiger partial charge in [-0.15, -0.1) is 11.3 Å². The minimum atomic E-state index is -1.25. The summed E-state index contributed by atoms with van der Waals surface area (Å²) in [6.45, 7) is 5.00. The Labute approximate surface area is 189 Å². The molecule has 2 fully saturated rings. The first-order valence-corrected chi connectivity index (χ1v) is 11.1. The fourth-order valence-corrected chi connectivity index (χ4v) is 4.41. The summed E-state index contributed by atoms with van der Waals surface area (Å²) >= 11 is 1.31. The molecule has 2 aliphatic heterocycles. The zero-order valence-corrected chi connectivity index (χ0v) is 18.7. The van der Waals surface area contributed by atoms with E-state index in [2.05, 4.69) is 20.5 Å². The molecule has 1 unspecified atom stereocenters. The van der Waals surface area contributed by atoms with Crippen molar-refractivity contribution in [3.8, 4) is 5.75 Å². The molecule has 0 spiro atoms. The number of imide groups is 1. The van der Waals surface area contributed by atoms with Gasteiger partial charge in [0.15, 0.2) is 5.13 Å². The van der Waals surface area contributed by atoms with Crippen molar-refractivity contribution in [3.05, 3.63) is 40.9 Å². The van der Waals surface area contributed by atoms with Crippen LogP contribution < -0.4 is 15.4 Å². The summed E-state index contributed by atoms with van der Waals surface area (Å²) in [5, 5.41) is 7.70. The molecule has 0 radical (unpaired) electrons. The molecule has 0 aliphatic carbocycles. The van der Waals surface area contributed by atoms with Crippen molar-refractivity contribution in [1.29, 1.82) is 0 Å². The van der Waals surface area contributed by atoms with Crippen LogP contribution in [0.4, 0.5) is 9.93 Å². The van der Waals surface area contributed by atoms with Crippen molar-refractivity contribution in [2.45, 2.75) is 19.0 Å². The molecule has 32 heavy (non-hydrogen) atoms. The highest BCUT2D eigenvalue weighted by Gasteiger charge is 2.49. The van der Waals surface area contributed by atoms with E-state index >= 15 is 0 Å². The van der Waals surface area contributed by atoms with Crippen LogP contribution in [-0.4, -0.2) is 72.6 Å². The molecule has 2 saturated heterocycles. The molecule has 1 aromatic heterocycles. The number of methoxy groups -OCH3 is 1. The molecule has 11 heteroatoms. The van der Waals surface area contributed by atoms with Gasteiger partial charge in [0, 0.05) is 25.0 Å². The van der Waals surface area contributed by atoms with Gasteiger partial charge < -0.3 is 20.1 Å². The number of hydrogen-bond donors (Lipinski definition) is 2. The number of morpholine rings is 1. The highest BCUT2D eigenvalue weighted by Crippen LogP contribution is 2.30. The lowest BCUT2D eigenvalue weighted by Crippen LogP contribution is -2.42. The van der Waals surface area contributed by atoms with E-state index in [9.17, 15) is 14.4 Å². The number of nitrogens with zero attached hydrogens (tertiary/aromatic N) is 3. The molecule has 1 atom stereocenters. The maximum atomic E-state index is 13.0. The number of benzene rings is 1. The largest absolute Gasteiger partial charge is 0.497 e. The van der Waals surface area contributed by atoms with Crippen LogP contribution in [-0.2, 0) is 26.4 Å². The number of anilines is 1. The quantitative estimate of drug-likeness (QED) is 0.602. The van der Waals surface area contributed by atoms with Crippen LogP contribution in [0.1, 0.15) is 18.2 Å². The third-order valence-corrected chi connectivity index (χ3v) is 6.34. The first-order chi connectivity index (χ1) is 15.4. The van der Waals surface area contributed by atoms with Gasteiger partial charge in [-0.1, -0.05) is 12.1 Å². The van der Waals surface area contributed by atoms with E-state index in [1.165, 1.54) is 11.3 Å². The molecule has 170 valence electrons. The van der Waals surface area contributed by atoms with Crippen molar-refractivity contribution in [2.75, 3.05) is 45.3 Å². The van der Waals surface area contributed by atoms with Gasteiger partial charge in [-0.2, -0.15) is 0 Å². The van der Waals surface area contributed by atoms with Crippen LogP contribution in [0.3, 0.4) is 0 Å². The second-order valence-corrected chi connectivity index (χ2v) is 8.61. The molecular formula is C21H25N5O5S. The van der Waals surface area contributed by atoms with E-state index in [0.29, 0.717) is 36.2 Å². The Hall–Kier alpha value is -3.02. The lowest BCUT2D eigenvalue weighted by Gasteiger charge is -2.25. The number of urea groups is 1. The first-order valence-electron chi connectivity index (χ1n) is 10.2. The number of ether oxygens (including phenoxy) is 2. The number of hydrogen-bond acceptors (Lipinski definition) is 8. The topological polar surface area (TPSA) is 113 Å². The summed E-state index contributed by atoms with van der Waals surface area (Å²) in [6.07, 6.45) is 0. The number of thiazole rings is 1. The number of carbonyl (C=O) groups is 3. The SMILES string of the molecule is COc1ccc(C2(C)NC(=O)N(CC(=O)Nc3nc(CN4CCOCC4)cs3)C2=O)cc1. The zero-order valence-electron chi connectivity index (χ0n) is 17.9. The van der Waals surface area contributed by atoms with Crippen molar-refractivity contribution in [1.82, 2.24) is 20.1 Å². The van der Waals surface area contributed by atoms with Gasteiger partial charge >= 0.3 is 6.03 Å². The van der Waals surface area contributed by atoms with Gasteiger partial charge in [0.25, 0.3) is 5.91 Å². The summed E-state index contributed by atoms with van der Waals surface area (Å²) in [5.74, 6) is -0.337. The van der Waals surface area contributed by atoms with Crippen LogP contribution in [0.25, 0.3) is 0 Å². The van der Waals surface area contributed by atoms with Crippen LogP contribution >= 0.6 is 11.3 Å². The molecule has 10 nitrogen and oxygen atoms in total. The summed E-state index contributed by atoms with van der Waals surface area (Å²) in [7, 11) is 1.55. The third kappa shape index (κ3) is 4.59. The van der Waals surface area contributed by atoms with E-state index in [-0.39, 0.29) is 0 Å². The van der Waals surface area contributed by atoms with Gasteiger partial charge in [-0.25, -0.2) is 9.78 Å². The van der Waals surface area contributed by atoms with E-state index in [1.54, 1.807) is 38.3 Å². The van der Waals surface area contributed by atoms with Crippen molar-refractivity contribution >= 4 is 34.3 Å². The van der Waals surface area contributed by atoms with Crippen LogP contribution in [0.15, 0.2) is 29.6 Å². The van der Waals surface area contributed by atoms with E-state index in [1.807, 2.05) is 5.38 Å². The number of rotatable bonds is 7. The van der Waals surface area contributed by atoms with Crippen LogP contribution in [0, 0.1) is 0 Å². The Balaban J connectivity index is 1.36. The lowest BCUT2D eigenvalue weighted by molar-refractivity contribution is -0.133. The lowest BCUT2D eigenvalue weighted by atomic mass is 9.92. The predicted molar refractivity (Wildman–Crippen MR) is 117 cm³/mol. The van der Waals surface area contributed by atoms with Crippen molar-refractivity contribution in [2.24, 2.45) is 0 Å². The Morgan fingerprint density at radius 2 is 2.00 bits per heavy atom. The Morgan fingerprint density at radius 3 is 2.69 bits per heavy atom. The molecule has 2 N–H and O–H groups in total. The van der Waals surface area contributed by atoms with E-state index in [0.717, 1.165) is 23.7 Å². The van der Waals surface area contributed by atoms with Crippen LogP contribution in [0.5, 0.6) is 5.75 Å². The Morgan fingerprint density at radius 1 is 1.28 bits per heavy atom. The molecule has 1 aromatic carbocycles. The Bertz CT molecular complexity index is 1000. The van der Waals surface area contributed by atoms with Crippen molar-refractivity contribution in [3.63, 3.8) is 0 Å². The van der Waals surface area contributed by atoms with Gasteiger partial charge in [0.1, 0.15) is 17.8 Å². The molecule has 4 rings (SSSR count). The second-order valence-electron chi connectivity index (χ2n) is 7.76. The molecular weight excluding hydrogens is 434 g/mol. The Kier molecular flexibility index (Phi) is 6.40. The summed E-state index contributed by atoms with van der Waals surface area (Å²) in [6, 6.07) is 6.24. The smallest absolute Gasteiger partial charge is 0.325 e. The van der Waals surface area contributed by atoms with Gasteiger partial charge in [-0.05, 0) is 24.6 Å². The molecule has 2 aliphatic rings. The predicted octanol–water partition coefficient (Wildman–Crippen LogP) is 1.39. The number of carbonyl (C=O) groups excluding carboxylic acids is 3. The highest BCUT2D eigenvalue weighted by atomic mass is 32.1. The standard InChI is InChI=1S/C21H25N5O5S/c1-21(14-3-5-16(30-2)6-4-14)18(28)26(20(29)24-21)12-17(27)23-19-22-15(13-32-19)11-25-7-9-31-10-8-25/h3-6,13H,7-12H2,1-2H3,(H,24,29)(H,22,23,27). The monoisotopic (exact) mass is 459 g/mol. The first kappa shape index (κ1) is 22.2. The van der Waals surface area contributed by atoms with Crippen LogP contribution in [0.2, 0.25) is 0 Å². The fourth-order valence-electron chi connectivity index (χ4n) is 3.69. The average Bonchev–Trinajstić information content (AvgIpc) is 3.32. The summed E-state index contributed by atoms with van der Waals surface area (Å²) < 4.78 is 10.5. The maximum absolute atomic E-state index is 13.0. The van der Waals surface area contributed by atoms with Gasteiger partial charge in [0.05, 0.1) is 26.0 Å². The number of amides is 4. The maximum Gasteiger partial charge on any atom is 0.325 e. The number of nitrogens with one attached hydrogen (secondary N) is 2.